The minimum absolute atomic E-state index is 0.0433. The largest absolute Gasteiger partial charge is 0.486 e. The zero-order valence-corrected chi connectivity index (χ0v) is 10.9. The Labute approximate surface area is 111 Å². The van der Waals surface area contributed by atoms with Gasteiger partial charge in [0.1, 0.15) is 17.7 Å². The van der Waals surface area contributed by atoms with E-state index in [1.807, 2.05) is 6.07 Å². The second-order valence-electron chi connectivity index (χ2n) is 4.15. The molecule has 18 heavy (non-hydrogen) atoms. The third kappa shape index (κ3) is 1.58. The van der Waals surface area contributed by atoms with Gasteiger partial charge in [-0.2, -0.15) is 4.98 Å². The summed E-state index contributed by atoms with van der Waals surface area (Å²) in [7, 11) is 0. The third-order valence-electron chi connectivity index (χ3n) is 2.96. The predicted octanol–water partition coefficient (Wildman–Crippen LogP) is 0.853. The summed E-state index contributed by atoms with van der Waals surface area (Å²) in [6, 6.07) is 1.84. The number of nitrogen functional groups attached to an aromatic ring is 2. The molecule has 5 N–H and O–H groups in total. The van der Waals surface area contributed by atoms with Crippen LogP contribution in [0.5, 0.6) is 5.75 Å². The molecule has 0 saturated carbocycles. The minimum Gasteiger partial charge on any atom is -0.486 e. The van der Waals surface area contributed by atoms with Crippen molar-refractivity contribution in [2.24, 2.45) is 0 Å². The number of nitrogens with two attached hydrogens (primary N) is 2. The first-order valence-corrected chi connectivity index (χ1v) is 6.21. The summed E-state index contributed by atoms with van der Waals surface area (Å²) in [5, 5.41) is 9.84. The van der Waals surface area contributed by atoms with Crippen LogP contribution in [-0.2, 0) is 6.42 Å². The molecule has 0 spiro atoms. The van der Waals surface area contributed by atoms with Crippen LogP contribution in [0.4, 0.5) is 11.8 Å². The fourth-order valence-electron chi connectivity index (χ4n) is 2.18. The number of rotatable bonds is 1. The van der Waals surface area contributed by atoms with Crippen molar-refractivity contribution in [3.8, 4) is 5.75 Å². The Morgan fingerprint density at radius 1 is 1.44 bits per heavy atom. The molecule has 1 atom stereocenters. The molecule has 0 fully saturated rings. The quantitative estimate of drug-likeness (QED) is 0.721. The molecule has 0 saturated heterocycles. The van der Waals surface area contributed by atoms with E-state index in [1.54, 1.807) is 0 Å². The van der Waals surface area contributed by atoms with Crippen LogP contribution in [0.25, 0.3) is 10.9 Å². The van der Waals surface area contributed by atoms with E-state index in [4.69, 9.17) is 16.2 Å². The number of fused-ring (bicyclic) bond motifs is 3. The van der Waals surface area contributed by atoms with Gasteiger partial charge in [0.25, 0.3) is 0 Å². The van der Waals surface area contributed by atoms with Crippen molar-refractivity contribution in [2.75, 3.05) is 18.1 Å². The molecule has 0 amide bonds. The van der Waals surface area contributed by atoms with Gasteiger partial charge in [-0.25, -0.2) is 4.98 Å². The Morgan fingerprint density at radius 3 is 2.94 bits per heavy atom. The molecule has 0 radical (unpaired) electrons. The molecule has 2 aromatic rings. The molecule has 1 aliphatic heterocycles. The van der Waals surface area contributed by atoms with E-state index in [0.717, 1.165) is 10.0 Å². The molecule has 2 heterocycles. The second kappa shape index (κ2) is 3.96. The van der Waals surface area contributed by atoms with Crippen molar-refractivity contribution in [3.05, 3.63) is 16.1 Å². The highest BCUT2D eigenvalue weighted by Crippen LogP contribution is 2.42. The van der Waals surface area contributed by atoms with Crippen molar-refractivity contribution in [1.29, 1.82) is 0 Å². The molecule has 0 aliphatic carbocycles. The molecule has 6 nitrogen and oxygen atoms in total. The van der Waals surface area contributed by atoms with E-state index in [9.17, 15) is 5.11 Å². The highest BCUT2D eigenvalue weighted by atomic mass is 79.9. The number of nitrogens with zero attached hydrogens (tertiary/aromatic N) is 2. The first-order chi connectivity index (χ1) is 8.60. The Kier molecular flexibility index (Phi) is 2.53. The fraction of sp³-hybridized carbons (Fsp3) is 0.273. The standard InChI is InChI=1S/C11H11BrN4O2/c12-6-2-7-8(10(13)16-11(14)15-7)9-5(6)1-4(3-17)18-9/h2,4,17H,1,3H2,(H4,13,14,15,16). The van der Waals surface area contributed by atoms with E-state index in [2.05, 4.69) is 25.9 Å². The van der Waals surface area contributed by atoms with Gasteiger partial charge in [-0.3, -0.25) is 0 Å². The zero-order valence-electron chi connectivity index (χ0n) is 9.35. The van der Waals surface area contributed by atoms with E-state index in [1.165, 1.54) is 0 Å². The van der Waals surface area contributed by atoms with Crippen LogP contribution in [0.2, 0.25) is 0 Å². The summed E-state index contributed by atoms with van der Waals surface area (Å²) in [6.07, 6.45) is 0.380. The van der Waals surface area contributed by atoms with E-state index >= 15 is 0 Å². The molecular weight excluding hydrogens is 300 g/mol. The van der Waals surface area contributed by atoms with Crippen molar-refractivity contribution >= 4 is 38.6 Å². The highest BCUT2D eigenvalue weighted by molar-refractivity contribution is 9.10. The predicted molar refractivity (Wildman–Crippen MR) is 71.3 cm³/mol. The summed E-state index contributed by atoms with van der Waals surface area (Å²) in [4.78, 5) is 8.09. The van der Waals surface area contributed by atoms with E-state index < -0.39 is 0 Å². The molecule has 1 aliphatic rings. The maximum atomic E-state index is 9.19. The first kappa shape index (κ1) is 11.5. The number of anilines is 2. The number of benzene rings is 1. The normalized spacial score (nSPS) is 17.8. The Morgan fingerprint density at radius 2 is 2.22 bits per heavy atom. The van der Waals surface area contributed by atoms with Crippen LogP contribution in [0.15, 0.2) is 10.5 Å². The lowest BCUT2D eigenvalue weighted by Gasteiger charge is -2.10. The lowest BCUT2D eigenvalue weighted by molar-refractivity contribution is 0.136. The number of halogens is 1. The van der Waals surface area contributed by atoms with Gasteiger partial charge in [0.05, 0.1) is 17.5 Å². The summed E-state index contributed by atoms with van der Waals surface area (Å²) >= 11 is 3.47. The molecule has 1 aromatic carbocycles. The maximum Gasteiger partial charge on any atom is 0.222 e. The smallest absolute Gasteiger partial charge is 0.222 e. The molecule has 0 bridgehead atoms. The Hall–Kier alpha value is -1.60. The van der Waals surface area contributed by atoms with Gasteiger partial charge < -0.3 is 21.3 Å². The van der Waals surface area contributed by atoms with Gasteiger partial charge in [0.2, 0.25) is 5.95 Å². The van der Waals surface area contributed by atoms with Crippen LogP contribution in [-0.4, -0.2) is 27.8 Å². The number of aliphatic hydroxyl groups is 1. The van der Waals surface area contributed by atoms with Gasteiger partial charge in [-0.05, 0) is 6.07 Å². The van der Waals surface area contributed by atoms with Crippen LogP contribution < -0.4 is 16.2 Å². The van der Waals surface area contributed by atoms with Crippen molar-refractivity contribution in [3.63, 3.8) is 0 Å². The van der Waals surface area contributed by atoms with E-state index in [0.29, 0.717) is 28.9 Å². The van der Waals surface area contributed by atoms with Crippen LogP contribution in [0.3, 0.4) is 0 Å². The lowest BCUT2D eigenvalue weighted by Crippen LogP contribution is -2.17. The number of hydrogen-bond donors (Lipinski definition) is 3. The SMILES string of the molecule is Nc1nc(N)c2c3c(c(Br)cc2n1)CC(CO)O3. The maximum absolute atomic E-state index is 9.19. The monoisotopic (exact) mass is 310 g/mol. The average Bonchev–Trinajstić information content (AvgIpc) is 2.72. The van der Waals surface area contributed by atoms with Crippen molar-refractivity contribution in [2.45, 2.75) is 12.5 Å². The highest BCUT2D eigenvalue weighted by Gasteiger charge is 2.28. The molecule has 1 unspecified atom stereocenters. The molecule has 3 rings (SSSR count). The fourth-order valence-corrected chi connectivity index (χ4v) is 2.74. The van der Waals surface area contributed by atoms with Crippen LogP contribution in [0, 0.1) is 0 Å². The van der Waals surface area contributed by atoms with Crippen molar-refractivity contribution in [1.82, 2.24) is 9.97 Å². The number of aliphatic hydroxyl groups excluding tert-OH is 1. The summed E-state index contributed by atoms with van der Waals surface area (Å²) in [5.74, 6) is 1.05. The average molecular weight is 311 g/mol. The Balaban J connectivity index is 2.33. The van der Waals surface area contributed by atoms with Gasteiger partial charge in [0, 0.05) is 16.5 Å². The van der Waals surface area contributed by atoms with Gasteiger partial charge >= 0.3 is 0 Å². The number of aromatic nitrogens is 2. The third-order valence-corrected chi connectivity index (χ3v) is 3.66. The molecular formula is C11H11BrN4O2. The van der Waals surface area contributed by atoms with Gasteiger partial charge in [0.15, 0.2) is 0 Å². The van der Waals surface area contributed by atoms with Crippen LogP contribution >= 0.6 is 15.9 Å². The van der Waals surface area contributed by atoms with Crippen LogP contribution in [0.1, 0.15) is 5.56 Å². The number of hydrogen-bond acceptors (Lipinski definition) is 6. The Bertz CT molecular complexity index is 647. The van der Waals surface area contributed by atoms with Gasteiger partial charge in [-0.1, -0.05) is 15.9 Å². The topological polar surface area (TPSA) is 107 Å². The second-order valence-corrected chi connectivity index (χ2v) is 5.01. The first-order valence-electron chi connectivity index (χ1n) is 5.41. The summed E-state index contributed by atoms with van der Waals surface area (Å²) in [5.41, 5.74) is 13.1. The minimum atomic E-state index is -0.251. The lowest BCUT2D eigenvalue weighted by atomic mass is 10.1. The zero-order chi connectivity index (χ0) is 12.9. The molecule has 7 heteroatoms. The summed E-state index contributed by atoms with van der Waals surface area (Å²) < 4.78 is 6.56. The molecule has 1 aromatic heterocycles. The number of ether oxygens (including phenoxy) is 1. The summed E-state index contributed by atoms with van der Waals surface area (Å²) in [6.45, 7) is -0.0433. The van der Waals surface area contributed by atoms with Gasteiger partial charge in [-0.15, -0.1) is 0 Å². The van der Waals surface area contributed by atoms with Crippen molar-refractivity contribution < 1.29 is 9.84 Å². The molecule has 94 valence electrons. The van der Waals surface area contributed by atoms with E-state index in [-0.39, 0.29) is 18.7 Å².